The molecule has 3 aromatic heterocycles. The number of rotatable bonds is 4. The zero-order valence-electron chi connectivity index (χ0n) is 13.1. The van der Waals surface area contributed by atoms with Gasteiger partial charge in [-0.1, -0.05) is 5.16 Å². The Bertz CT molecular complexity index is 1010. The van der Waals surface area contributed by atoms with Crippen molar-refractivity contribution in [3.05, 3.63) is 48.9 Å². The van der Waals surface area contributed by atoms with E-state index in [1.807, 2.05) is 47.1 Å². The maximum Gasteiger partial charge on any atom is 0.259 e. The van der Waals surface area contributed by atoms with E-state index in [2.05, 4.69) is 15.1 Å². The molecular weight excluding hydrogens is 308 g/mol. The molecule has 0 radical (unpaired) electrons. The van der Waals surface area contributed by atoms with Gasteiger partial charge in [0.1, 0.15) is 5.65 Å². The number of ether oxygens (including phenoxy) is 2. The maximum atomic E-state index is 5.39. The van der Waals surface area contributed by atoms with Crippen molar-refractivity contribution in [1.29, 1.82) is 0 Å². The molecule has 0 spiro atoms. The highest BCUT2D eigenvalue weighted by molar-refractivity contribution is 5.63. The summed E-state index contributed by atoms with van der Waals surface area (Å²) in [5.74, 6) is 2.18. The molecule has 7 nitrogen and oxygen atoms in total. The van der Waals surface area contributed by atoms with Crippen molar-refractivity contribution < 1.29 is 14.0 Å². The van der Waals surface area contributed by atoms with E-state index in [4.69, 9.17) is 14.0 Å². The molecule has 4 rings (SSSR count). The molecule has 0 amide bonds. The standard InChI is InChI=1S/C17H14N4O3/c1-22-13-5-3-11(9-14(13)23-2)16-19-17(24-20-16)12-4-6-15-18-7-8-21(15)10-12/h3-10H,1-2H3. The van der Waals surface area contributed by atoms with Gasteiger partial charge in [0.2, 0.25) is 5.82 Å². The van der Waals surface area contributed by atoms with E-state index >= 15 is 0 Å². The van der Waals surface area contributed by atoms with Crippen molar-refractivity contribution in [1.82, 2.24) is 19.5 Å². The van der Waals surface area contributed by atoms with Crippen molar-refractivity contribution >= 4 is 5.65 Å². The lowest BCUT2D eigenvalue weighted by molar-refractivity contribution is 0.355. The zero-order chi connectivity index (χ0) is 16.5. The molecule has 0 aliphatic heterocycles. The van der Waals surface area contributed by atoms with Gasteiger partial charge in [-0.25, -0.2) is 4.98 Å². The van der Waals surface area contributed by atoms with Gasteiger partial charge in [0, 0.05) is 24.2 Å². The van der Waals surface area contributed by atoms with Crippen LogP contribution in [0.25, 0.3) is 28.5 Å². The summed E-state index contributed by atoms with van der Waals surface area (Å²) in [5, 5.41) is 4.05. The van der Waals surface area contributed by atoms with Crippen molar-refractivity contribution in [3.8, 4) is 34.3 Å². The molecule has 0 N–H and O–H groups in total. The Morgan fingerprint density at radius 1 is 1.00 bits per heavy atom. The van der Waals surface area contributed by atoms with E-state index in [0.717, 1.165) is 16.8 Å². The molecule has 0 atom stereocenters. The first-order chi connectivity index (χ1) is 11.8. The number of hydrogen-bond acceptors (Lipinski definition) is 6. The smallest absolute Gasteiger partial charge is 0.259 e. The number of methoxy groups -OCH3 is 2. The van der Waals surface area contributed by atoms with Gasteiger partial charge in [0.05, 0.1) is 19.8 Å². The average molecular weight is 322 g/mol. The largest absolute Gasteiger partial charge is 0.493 e. The van der Waals surface area contributed by atoms with Crippen molar-refractivity contribution in [3.63, 3.8) is 0 Å². The van der Waals surface area contributed by atoms with Crippen molar-refractivity contribution in [2.24, 2.45) is 0 Å². The van der Waals surface area contributed by atoms with Crippen LogP contribution in [-0.4, -0.2) is 33.7 Å². The number of imidazole rings is 1. The van der Waals surface area contributed by atoms with E-state index in [1.165, 1.54) is 0 Å². The number of nitrogens with zero attached hydrogens (tertiary/aromatic N) is 4. The third-order valence-corrected chi connectivity index (χ3v) is 3.70. The molecule has 3 heterocycles. The highest BCUT2D eigenvalue weighted by Gasteiger charge is 2.13. The van der Waals surface area contributed by atoms with Crippen LogP contribution in [0.4, 0.5) is 0 Å². The first-order valence-corrected chi connectivity index (χ1v) is 7.27. The minimum atomic E-state index is 0.440. The summed E-state index contributed by atoms with van der Waals surface area (Å²) in [5.41, 5.74) is 2.46. The minimum absolute atomic E-state index is 0.440. The fraction of sp³-hybridized carbons (Fsp3) is 0.118. The highest BCUT2D eigenvalue weighted by Crippen LogP contribution is 2.32. The van der Waals surface area contributed by atoms with Gasteiger partial charge in [-0.15, -0.1) is 0 Å². The molecular formula is C17H14N4O3. The fourth-order valence-corrected chi connectivity index (χ4v) is 2.48. The second-order valence-electron chi connectivity index (χ2n) is 5.10. The second-order valence-corrected chi connectivity index (χ2v) is 5.10. The predicted molar refractivity (Wildman–Crippen MR) is 87.0 cm³/mol. The van der Waals surface area contributed by atoms with E-state index in [0.29, 0.717) is 23.2 Å². The van der Waals surface area contributed by atoms with E-state index < -0.39 is 0 Å². The minimum Gasteiger partial charge on any atom is -0.493 e. The summed E-state index contributed by atoms with van der Waals surface area (Å²) >= 11 is 0. The third-order valence-electron chi connectivity index (χ3n) is 3.70. The molecule has 0 saturated heterocycles. The molecule has 0 aliphatic carbocycles. The van der Waals surface area contributed by atoms with Crippen LogP contribution in [0.5, 0.6) is 11.5 Å². The van der Waals surface area contributed by atoms with E-state index in [-0.39, 0.29) is 0 Å². The Morgan fingerprint density at radius 2 is 1.83 bits per heavy atom. The Hall–Kier alpha value is -3.35. The number of benzene rings is 1. The van der Waals surface area contributed by atoms with E-state index in [1.54, 1.807) is 20.4 Å². The van der Waals surface area contributed by atoms with Crippen LogP contribution in [0.2, 0.25) is 0 Å². The van der Waals surface area contributed by atoms with Crippen LogP contribution < -0.4 is 9.47 Å². The molecule has 4 aromatic rings. The molecule has 7 heteroatoms. The second kappa shape index (κ2) is 5.69. The van der Waals surface area contributed by atoms with Crippen LogP contribution in [0.1, 0.15) is 0 Å². The molecule has 0 aliphatic rings. The summed E-state index contributed by atoms with van der Waals surface area (Å²) in [6, 6.07) is 9.27. The van der Waals surface area contributed by atoms with Gasteiger partial charge in [0.15, 0.2) is 11.5 Å². The molecule has 24 heavy (non-hydrogen) atoms. The normalized spacial score (nSPS) is 10.9. The predicted octanol–water partition coefficient (Wildman–Crippen LogP) is 3.07. The number of aromatic nitrogens is 4. The lowest BCUT2D eigenvalue weighted by Crippen LogP contribution is -1.91. The van der Waals surface area contributed by atoms with Crippen LogP contribution in [0.15, 0.2) is 53.4 Å². The first kappa shape index (κ1) is 14.3. The van der Waals surface area contributed by atoms with Crippen LogP contribution in [0.3, 0.4) is 0 Å². The quantitative estimate of drug-likeness (QED) is 0.575. The summed E-state index contributed by atoms with van der Waals surface area (Å²) < 4.78 is 17.8. The third kappa shape index (κ3) is 2.36. The Kier molecular flexibility index (Phi) is 3.38. The van der Waals surface area contributed by atoms with Gasteiger partial charge in [-0.2, -0.15) is 4.98 Å². The number of hydrogen-bond donors (Lipinski definition) is 0. The average Bonchev–Trinajstić information content (AvgIpc) is 3.29. The lowest BCUT2D eigenvalue weighted by atomic mass is 10.2. The van der Waals surface area contributed by atoms with Crippen LogP contribution >= 0.6 is 0 Å². The monoisotopic (exact) mass is 322 g/mol. The van der Waals surface area contributed by atoms with Gasteiger partial charge in [-0.3, -0.25) is 0 Å². The topological polar surface area (TPSA) is 74.7 Å². The Labute approximate surface area is 137 Å². The van der Waals surface area contributed by atoms with Crippen LogP contribution in [0, 0.1) is 0 Å². The summed E-state index contributed by atoms with van der Waals surface area (Å²) in [4.78, 5) is 8.68. The van der Waals surface area contributed by atoms with Gasteiger partial charge in [0.25, 0.3) is 5.89 Å². The van der Waals surface area contributed by atoms with E-state index in [9.17, 15) is 0 Å². The summed E-state index contributed by atoms with van der Waals surface area (Å²) in [6.07, 6.45) is 5.50. The first-order valence-electron chi connectivity index (χ1n) is 7.27. The molecule has 0 bridgehead atoms. The Balaban J connectivity index is 1.71. The van der Waals surface area contributed by atoms with Gasteiger partial charge in [-0.05, 0) is 30.3 Å². The molecule has 120 valence electrons. The summed E-state index contributed by atoms with van der Waals surface area (Å²) in [7, 11) is 3.18. The molecule has 0 unspecified atom stereocenters. The van der Waals surface area contributed by atoms with Gasteiger partial charge >= 0.3 is 0 Å². The number of pyridine rings is 1. The zero-order valence-corrected chi connectivity index (χ0v) is 13.1. The van der Waals surface area contributed by atoms with Gasteiger partial charge < -0.3 is 18.4 Å². The molecule has 0 fully saturated rings. The number of fused-ring (bicyclic) bond motifs is 1. The maximum absolute atomic E-state index is 5.39. The van der Waals surface area contributed by atoms with Crippen molar-refractivity contribution in [2.45, 2.75) is 0 Å². The SMILES string of the molecule is COc1ccc(-c2noc(-c3ccc4nccn4c3)n2)cc1OC. The molecule has 0 saturated carbocycles. The Morgan fingerprint density at radius 3 is 2.67 bits per heavy atom. The molecule has 1 aromatic carbocycles. The fourth-order valence-electron chi connectivity index (χ4n) is 2.48. The highest BCUT2D eigenvalue weighted by atomic mass is 16.5. The summed E-state index contributed by atoms with van der Waals surface area (Å²) in [6.45, 7) is 0. The van der Waals surface area contributed by atoms with Crippen molar-refractivity contribution in [2.75, 3.05) is 14.2 Å². The van der Waals surface area contributed by atoms with Crippen LogP contribution in [-0.2, 0) is 0 Å². The lowest BCUT2D eigenvalue weighted by Gasteiger charge is -2.07.